The maximum Gasteiger partial charge on any atom is 0.213 e. The maximum atomic E-state index is 15.0. The second-order valence-corrected chi connectivity index (χ2v) is 22.6. The molecule has 0 saturated heterocycles. The normalized spacial score (nSPS) is 13.1. The number of rotatable bonds is 4. The molecule has 0 amide bonds. The highest BCUT2D eigenvalue weighted by molar-refractivity contribution is 7.91. The van der Waals surface area contributed by atoms with Crippen LogP contribution in [0.2, 0.25) is 0 Å². The van der Waals surface area contributed by atoms with Crippen LogP contribution in [0, 0.1) is 0 Å². The third-order valence-electron chi connectivity index (χ3n) is 16.4. The van der Waals surface area contributed by atoms with Crippen LogP contribution in [0.4, 0.5) is 0 Å². The zero-order chi connectivity index (χ0) is 52.8. The first kappa shape index (κ1) is 44.6. The number of hydrogen-bond acceptors (Lipinski definition) is 4. The molecule has 0 atom stereocenters. The van der Waals surface area contributed by atoms with Crippen molar-refractivity contribution in [3.05, 3.63) is 261 Å². The van der Waals surface area contributed by atoms with Gasteiger partial charge in [-0.15, -0.1) is 0 Å². The van der Waals surface area contributed by atoms with Gasteiger partial charge < -0.3 is 23.0 Å². The molecule has 1 aliphatic heterocycles. The summed E-state index contributed by atoms with van der Waals surface area (Å²) in [7, 11) is -4.03. The minimum absolute atomic E-state index is 0.106. The molecular weight excluding hydrogens is 1000 g/mol. The van der Waals surface area contributed by atoms with Crippen molar-refractivity contribution < 1.29 is 13.2 Å². The monoisotopic (exact) mass is 1050 g/mol. The number of aromatic nitrogens is 5. The molecule has 0 fully saturated rings. The predicted octanol–water partition coefficient (Wildman–Crippen LogP) is 17.8. The minimum Gasteiger partial charge on any atom is -0.455 e. The summed E-state index contributed by atoms with van der Waals surface area (Å²) in [5.74, 6) is 0.554. The van der Waals surface area contributed by atoms with Crippen molar-refractivity contribution in [3.63, 3.8) is 0 Å². The second-order valence-electron chi connectivity index (χ2n) is 20.7. The Balaban J connectivity index is 1.03. The van der Waals surface area contributed by atoms with E-state index in [9.17, 15) is 8.42 Å². The van der Waals surface area contributed by atoms with Gasteiger partial charge in [0, 0.05) is 61.3 Å². The van der Waals surface area contributed by atoms with Crippen LogP contribution in [0.15, 0.2) is 271 Å². The summed E-state index contributed by atoms with van der Waals surface area (Å²) >= 11 is 0. The van der Waals surface area contributed by atoms with E-state index in [1.165, 1.54) is 10.8 Å². The molecule has 4 aromatic heterocycles. The Hall–Kier alpha value is -10.5. The van der Waals surface area contributed by atoms with Crippen molar-refractivity contribution in [1.29, 1.82) is 0 Å². The maximum absolute atomic E-state index is 15.0. The van der Waals surface area contributed by atoms with Crippen LogP contribution in [0.1, 0.15) is 0 Å². The molecule has 5 heterocycles. The van der Waals surface area contributed by atoms with Crippen LogP contribution in [0.25, 0.3) is 132 Å². The lowest BCUT2D eigenvalue weighted by Crippen LogP contribution is -2.11. The lowest BCUT2D eigenvalue weighted by atomic mass is 9.95. The third kappa shape index (κ3) is 6.31. The number of fused-ring (bicyclic) bond motifs is 18. The van der Waals surface area contributed by atoms with Crippen LogP contribution in [0.3, 0.4) is 0 Å². The van der Waals surface area contributed by atoms with Crippen LogP contribution in [0.5, 0.6) is 11.5 Å². The van der Waals surface area contributed by atoms with Crippen molar-refractivity contribution in [2.24, 2.45) is 0 Å². The van der Waals surface area contributed by atoms with Gasteiger partial charge in [0.05, 0.1) is 49.7 Å². The Kier molecular flexibility index (Phi) is 9.35. The first-order chi connectivity index (χ1) is 39.5. The Labute approximate surface area is 457 Å². The largest absolute Gasteiger partial charge is 0.455 e. The molecule has 0 saturated carbocycles. The van der Waals surface area contributed by atoms with Crippen LogP contribution in [-0.4, -0.2) is 31.7 Å². The summed E-state index contributed by atoms with van der Waals surface area (Å²) < 4.78 is 45.9. The van der Waals surface area contributed by atoms with Crippen molar-refractivity contribution in [2.45, 2.75) is 9.79 Å². The summed E-state index contributed by atoms with van der Waals surface area (Å²) in [5.41, 5.74) is 13.2. The summed E-state index contributed by atoms with van der Waals surface area (Å²) in [6.07, 6.45) is 1.82. The highest BCUT2D eigenvalue weighted by Crippen LogP contribution is 2.48. The fraction of sp³-hybridized carbons (Fsp3) is 0. The lowest BCUT2D eigenvalue weighted by molar-refractivity contribution is 0.444. The van der Waals surface area contributed by atoms with Gasteiger partial charge >= 0.3 is 0 Å². The standard InChI is InChI=1S/C71H43N5O3S/c77-80(78)69-32-16-15-31-67(69)79-68-42-58-56(43-70(68)80)53-38-46(76-61-28-12-9-24-51(61)57-39-47(34-36-62(57)76)75-59-26-10-7-22-49(59)50-23-8-11-27-60(50)75)33-35-48(53)54-40-65-66(41-55(54)52-25-17-37-72-71(52)58)74(45-20-5-2-6-21-45)64-30-14-13-29-63(64)73(65)44-18-3-1-4-19-44/h1-43H. The van der Waals surface area contributed by atoms with Gasteiger partial charge in [-0.25, -0.2) is 8.42 Å². The quantitative estimate of drug-likeness (QED) is 0.165. The molecule has 376 valence electrons. The molecular formula is C71H43N5O3S. The van der Waals surface area contributed by atoms with E-state index in [0.717, 1.165) is 115 Å². The molecule has 0 bridgehead atoms. The van der Waals surface area contributed by atoms with Gasteiger partial charge in [0.2, 0.25) is 9.84 Å². The van der Waals surface area contributed by atoms with Crippen molar-refractivity contribution >= 4 is 119 Å². The van der Waals surface area contributed by atoms with Crippen molar-refractivity contribution in [1.82, 2.24) is 23.3 Å². The second kappa shape index (κ2) is 16.8. The average Bonchev–Trinajstić information content (AvgIpc) is 4.16. The summed E-state index contributed by atoms with van der Waals surface area (Å²) in [5, 5.41) is 10.8. The number of nitrogens with zero attached hydrogens (tertiary/aromatic N) is 5. The fourth-order valence-corrected chi connectivity index (χ4v) is 14.5. The summed E-state index contributed by atoms with van der Waals surface area (Å²) in [6.45, 7) is 0. The fourth-order valence-electron chi connectivity index (χ4n) is 13.0. The average molecular weight is 1050 g/mol. The summed E-state index contributed by atoms with van der Waals surface area (Å²) in [6, 6.07) is 88.4. The number of benzene rings is 11. The number of hydrogen-bond donors (Lipinski definition) is 0. The first-order valence-corrected chi connectivity index (χ1v) is 28.2. The number of para-hydroxylation sites is 8. The molecule has 12 aromatic carbocycles. The minimum atomic E-state index is -4.03. The molecule has 8 nitrogen and oxygen atoms in total. The zero-order valence-electron chi connectivity index (χ0n) is 42.7. The Morgan fingerprint density at radius 2 is 0.725 bits per heavy atom. The molecule has 0 unspecified atom stereocenters. The number of ether oxygens (including phenoxy) is 1. The highest BCUT2D eigenvalue weighted by atomic mass is 32.2. The molecule has 0 aliphatic carbocycles. The SMILES string of the molecule is O=S1(=O)c2ccccc2Oc2cc3c(cc21)c1cc(-n2c4ccccc4c4cc(-n5c6ccccc6c6ccccc65)ccc42)ccc1c1cc2c(cc1c1cccnc13)n(-c1ccccc1)c1ccccc1n2-c1ccccc1. The van der Waals surface area contributed by atoms with E-state index >= 15 is 0 Å². The smallest absolute Gasteiger partial charge is 0.213 e. The van der Waals surface area contributed by atoms with Gasteiger partial charge in [0.1, 0.15) is 21.3 Å². The molecule has 1 aliphatic rings. The van der Waals surface area contributed by atoms with Crippen LogP contribution < -0.4 is 4.74 Å². The van der Waals surface area contributed by atoms with E-state index < -0.39 is 9.84 Å². The van der Waals surface area contributed by atoms with E-state index in [-0.39, 0.29) is 15.5 Å². The molecule has 0 spiro atoms. The third-order valence-corrected chi connectivity index (χ3v) is 18.2. The van der Waals surface area contributed by atoms with Gasteiger partial charge in [0.25, 0.3) is 0 Å². The number of sulfone groups is 1. The molecule has 0 radical (unpaired) electrons. The topological polar surface area (TPSA) is 76.0 Å². The van der Waals surface area contributed by atoms with Crippen molar-refractivity contribution in [2.75, 3.05) is 0 Å². The Bertz CT molecular complexity index is 5490. The van der Waals surface area contributed by atoms with Gasteiger partial charge in [-0.2, -0.15) is 0 Å². The van der Waals surface area contributed by atoms with E-state index in [2.05, 4.69) is 231 Å². The van der Waals surface area contributed by atoms with E-state index in [4.69, 9.17) is 9.72 Å². The summed E-state index contributed by atoms with van der Waals surface area (Å²) in [4.78, 5) is 5.48. The lowest BCUT2D eigenvalue weighted by Gasteiger charge is -2.23. The predicted molar refractivity (Wildman–Crippen MR) is 326 cm³/mol. The molecule has 16 aromatic rings. The van der Waals surface area contributed by atoms with Crippen LogP contribution in [-0.2, 0) is 9.84 Å². The molecule has 17 rings (SSSR count). The first-order valence-electron chi connectivity index (χ1n) is 26.8. The van der Waals surface area contributed by atoms with E-state index in [1.807, 2.05) is 24.4 Å². The van der Waals surface area contributed by atoms with Gasteiger partial charge in [-0.3, -0.25) is 4.98 Å². The highest BCUT2D eigenvalue weighted by Gasteiger charge is 2.32. The molecule has 9 heteroatoms. The van der Waals surface area contributed by atoms with Crippen LogP contribution >= 0.6 is 0 Å². The Morgan fingerprint density at radius 3 is 1.35 bits per heavy atom. The van der Waals surface area contributed by atoms with Crippen molar-refractivity contribution in [3.8, 4) is 34.2 Å². The molecule has 80 heavy (non-hydrogen) atoms. The van der Waals surface area contributed by atoms with Gasteiger partial charge in [-0.1, -0.05) is 127 Å². The molecule has 0 N–H and O–H groups in total. The van der Waals surface area contributed by atoms with Gasteiger partial charge in [0.15, 0.2) is 0 Å². The van der Waals surface area contributed by atoms with E-state index in [0.29, 0.717) is 11.3 Å². The zero-order valence-corrected chi connectivity index (χ0v) is 43.5. The number of pyridine rings is 1. The van der Waals surface area contributed by atoms with Gasteiger partial charge in [-0.05, 0) is 154 Å². The Morgan fingerprint density at radius 1 is 0.275 bits per heavy atom. The van der Waals surface area contributed by atoms with E-state index in [1.54, 1.807) is 24.3 Å².